The molecule has 1 aromatic carbocycles. The molecular weight excluding hydrogens is 470 g/mol. The number of sulfone groups is 1. The standard InChI is InChI=1S/C24H27N5O5S/c1-33-14-13-26-24(30)34-17-9-7-16(8-10-17)29-21-19-11-12-25-22(19)27-15-20(21)28-23(29)35(31,32)18-5-3-2-4-6-18/h2-6,11-12,15-17H,7-10,13-14H2,1H3,(H,25,27)(H,26,30). The lowest BCUT2D eigenvalue weighted by atomic mass is 9.92. The summed E-state index contributed by atoms with van der Waals surface area (Å²) in [6.07, 6.45) is 5.22. The SMILES string of the molecule is COCCNC(=O)OC1CCC(n2c(S(=O)(=O)c3ccccc3)nc3cnc4[nH]ccc4c32)CC1. The van der Waals surface area contributed by atoms with Gasteiger partial charge in [-0.05, 0) is 43.9 Å². The van der Waals surface area contributed by atoms with Crippen LogP contribution in [-0.2, 0) is 19.3 Å². The molecule has 2 N–H and O–H groups in total. The number of hydrogen-bond acceptors (Lipinski definition) is 7. The van der Waals surface area contributed by atoms with Gasteiger partial charge in [-0.25, -0.2) is 23.2 Å². The van der Waals surface area contributed by atoms with E-state index in [1.165, 1.54) is 0 Å². The van der Waals surface area contributed by atoms with Gasteiger partial charge in [0.15, 0.2) is 0 Å². The molecule has 4 aromatic rings. The van der Waals surface area contributed by atoms with Crippen molar-refractivity contribution >= 4 is 38.0 Å². The Hall–Kier alpha value is -3.44. The number of methoxy groups -OCH3 is 1. The van der Waals surface area contributed by atoms with Crippen LogP contribution in [0.15, 0.2) is 58.8 Å². The van der Waals surface area contributed by atoms with Gasteiger partial charge in [0.25, 0.3) is 0 Å². The van der Waals surface area contributed by atoms with Crippen LogP contribution in [0.25, 0.3) is 22.1 Å². The van der Waals surface area contributed by atoms with Crippen molar-refractivity contribution in [3.05, 3.63) is 48.8 Å². The third kappa shape index (κ3) is 4.48. The zero-order valence-corrected chi connectivity index (χ0v) is 20.1. The number of benzene rings is 1. The van der Waals surface area contributed by atoms with Crippen LogP contribution in [0, 0.1) is 0 Å². The number of carbonyl (C=O) groups excluding carboxylic acids is 1. The minimum absolute atomic E-state index is 0.0101. The molecule has 10 nitrogen and oxygen atoms in total. The number of rotatable bonds is 7. The third-order valence-corrected chi connectivity index (χ3v) is 8.02. The van der Waals surface area contributed by atoms with Crippen molar-refractivity contribution in [2.45, 2.75) is 47.9 Å². The summed E-state index contributed by atoms with van der Waals surface area (Å²) in [4.78, 5) is 24.3. The number of H-pyrrole nitrogens is 1. The minimum Gasteiger partial charge on any atom is -0.446 e. The maximum absolute atomic E-state index is 13.7. The van der Waals surface area contributed by atoms with E-state index in [4.69, 9.17) is 9.47 Å². The van der Waals surface area contributed by atoms with E-state index in [-0.39, 0.29) is 22.2 Å². The van der Waals surface area contributed by atoms with Crippen LogP contribution < -0.4 is 5.32 Å². The van der Waals surface area contributed by atoms with E-state index in [0.29, 0.717) is 50.0 Å². The first kappa shape index (κ1) is 23.3. The molecule has 1 aliphatic carbocycles. The molecule has 35 heavy (non-hydrogen) atoms. The number of ether oxygens (including phenoxy) is 2. The van der Waals surface area contributed by atoms with Crippen molar-refractivity contribution in [2.75, 3.05) is 20.3 Å². The van der Waals surface area contributed by atoms with Gasteiger partial charge in [0, 0.05) is 31.3 Å². The van der Waals surface area contributed by atoms with Gasteiger partial charge in [-0.3, -0.25) is 0 Å². The van der Waals surface area contributed by atoms with Crippen LogP contribution >= 0.6 is 0 Å². The largest absolute Gasteiger partial charge is 0.446 e. The number of imidazole rings is 1. The summed E-state index contributed by atoms with van der Waals surface area (Å²) in [7, 11) is -2.30. The van der Waals surface area contributed by atoms with Crippen molar-refractivity contribution in [1.82, 2.24) is 24.8 Å². The second kappa shape index (κ2) is 9.67. The molecule has 1 aliphatic rings. The normalized spacial score (nSPS) is 18.7. The Labute approximate surface area is 202 Å². The van der Waals surface area contributed by atoms with E-state index in [1.54, 1.807) is 49.8 Å². The van der Waals surface area contributed by atoms with Gasteiger partial charge < -0.3 is 24.3 Å². The molecule has 0 unspecified atom stereocenters. The Bertz CT molecular complexity index is 1440. The molecule has 0 radical (unpaired) electrons. The molecule has 3 heterocycles. The summed E-state index contributed by atoms with van der Waals surface area (Å²) in [6.45, 7) is 0.795. The second-order valence-corrected chi connectivity index (χ2v) is 10.4. The number of aromatic nitrogens is 4. The topological polar surface area (TPSA) is 128 Å². The number of fused-ring (bicyclic) bond motifs is 3. The molecule has 1 fully saturated rings. The number of aromatic amines is 1. The van der Waals surface area contributed by atoms with Crippen molar-refractivity contribution in [3.63, 3.8) is 0 Å². The van der Waals surface area contributed by atoms with Crippen LogP contribution in [-0.4, -0.2) is 60.4 Å². The highest BCUT2D eigenvalue weighted by Crippen LogP contribution is 2.38. The van der Waals surface area contributed by atoms with E-state index >= 15 is 0 Å². The fraction of sp³-hybridized carbons (Fsp3) is 0.375. The zero-order valence-electron chi connectivity index (χ0n) is 19.3. The van der Waals surface area contributed by atoms with E-state index in [9.17, 15) is 13.2 Å². The summed E-state index contributed by atoms with van der Waals surface area (Å²) in [6, 6.07) is 10.1. The highest BCUT2D eigenvalue weighted by atomic mass is 32.2. The van der Waals surface area contributed by atoms with Gasteiger partial charge in [0.05, 0.1) is 23.2 Å². The number of hydrogen-bond donors (Lipinski definition) is 2. The van der Waals surface area contributed by atoms with Gasteiger partial charge in [-0.1, -0.05) is 18.2 Å². The lowest BCUT2D eigenvalue weighted by Crippen LogP contribution is -2.33. The lowest BCUT2D eigenvalue weighted by Gasteiger charge is -2.30. The monoisotopic (exact) mass is 497 g/mol. The molecule has 0 atom stereocenters. The molecule has 3 aromatic heterocycles. The molecule has 1 saturated carbocycles. The highest BCUT2D eigenvalue weighted by molar-refractivity contribution is 7.91. The quantitative estimate of drug-likeness (QED) is 0.373. The molecule has 0 spiro atoms. The van der Waals surface area contributed by atoms with Crippen LogP contribution in [0.2, 0.25) is 0 Å². The zero-order chi connectivity index (χ0) is 24.4. The first-order chi connectivity index (χ1) is 17.0. The molecular formula is C24H27N5O5S. The summed E-state index contributed by atoms with van der Waals surface area (Å²) >= 11 is 0. The molecule has 184 valence electrons. The summed E-state index contributed by atoms with van der Waals surface area (Å²) in [5.74, 6) is 0. The number of amides is 1. The van der Waals surface area contributed by atoms with Crippen LogP contribution in [0.3, 0.4) is 0 Å². The fourth-order valence-corrected chi connectivity index (χ4v) is 6.12. The van der Waals surface area contributed by atoms with Crippen LogP contribution in [0.4, 0.5) is 4.79 Å². The predicted molar refractivity (Wildman–Crippen MR) is 129 cm³/mol. The molecule has 0 saturated heterocycles. The summed E-state index contributed by atoms with van der Waals surface area (Å²) < 4.78 is 39.7. The number of alkyl carbamates (subject to hydrolysis) is 1. The van der Waals surface area contributed by atoms with Crippen LogP contribution in [0.1, 0.15) is 31.7 Å². The first-order valence-electron chi connectivity index (χ1n) is 11.6. The third-order valence-electron chi connectivity index (χ3n) is 6.35. The van der Waals surface area contributed by atoms with E-state index in [0.717, 1.165) is 10.9 Å². The van der Waals surface area contributed by atoms with Crippen molar-refractivity contribution in [2.24, 2.45) is 0 Å². The molecule has 11 heteroatoms. The fourth-order valence-electron chi connectivity index (χ4n) is 4.67. The smallest absolute Gasteiger partial charge is 0.407 e. The Morgan fingerprint density at radius 2 is 1.94 bits per heavy atom. The minimum atomic E-state index is -3.87. The van der Waals surface area contributed by atoms with Crippen molar-refractivity contribution in [3.8, 4) is 0 Å². The maximum Gasteiger partial charge on any atom is 0.407 e. The van der Waals surface area contributed by atoms with Gasteiger partial charge >= 0.3 is 6.09 Å². The van der Waals surface area contributed by atoms with Crippen LogP contribution in [0.5, 0.6) is 0 Å². The van der Waals surface area contributed by atoms with Gasteiger partial charge in [-0.2, -0.15) is 0 Å². The molecule has 5 rings (SSSR count). The Morgan fingerprint density at radius 3 is 2.69 bits per heavy atom. The van der Waals surface area contributed by atoms with Gasteiger partial charge in [0.1, 0.15) is 17.3 Å². The second-order valence-electron chi connectivity index (χ2n) is 8.57. The first-order valence-corrected chi connectivity index (χ1v) is 13.0. The lowest BCUT2D eigenvalue weighted by molar-refractivity contribution is 0.0635. The molecule has 0 aliphatic heterocycles. The number of nitrogens with one attached hydrogen (secondary N) is 2. The maximum atomic E-state index is 13.7. The average molecular weight is 498 g/mol. The predicted octanol–water partition coefficient (Wildman–Crippen LogP) is 3.60. The van der Waals surface area contributed by atoms with Crippen molar-refractivity contribution in [1.29, 1.82) is 0 Å². The van der Waals surface area contributed by atoms with E-state index in [2.05, 4.69) is 20.3 Å². The van der Waals surface area contributed by atoms with Gasteiger partial charge in [-0.15, -0.1) is 0 Å². The Morgan fingerprint density at radius 1 is 1.17 bits per heavy atom. The van der Waals surface area contributed by atoms with Crippen molar-refractivity contribution < 1.29 is 22.7 Å². The number of nitrogens with zero attached hydrogens (tertiary/aromatic N) is 3. The Balaban J connectivity index is 1.48. The Kier molecular flexibility index (Phi) is 6.44. The number of pyridine rings is 1. The summed E-state index contributed by atoms with van der Waals surface area (Å²) in [5, 5.41) is 3.50. The van der Waals surface area contributed by atoms with E-state index in [1.807, 2.05) is 10.6 Å². The van der Waals surface area contributed by atoms with E-state index < -0.39 is 15.9 Å². The molecule has 1 amide bonds. The average Bonchev–Trinajstić information content (AvgIpc) is 3.50. The van der Waals surface area contributed by atoms with Gasteiger partial charge in [0.2, 0.25) is 15.0 Å². The number of carbonyl (C=O) groups is 1. The summed E-state index contributed by atoms with van der Waals surface area (Å²) in [5.41, 5.74) is 1.95. The molecule has 0 bridgehead atoms. The highest BCUT2D eigenvalue weighted by Gasteiger charge is 2.33.